The predicted molar refractivity (Wildman–Crippen MR) is 51.7 cm³/mol. The van der Waals surface area contributed by atoms with Gasteiger partial charge in [-0.05, 0) is 26.2 Å². The van der Waals surface area contributed by atoms with Gasteiger partial charge in [-0.2, -0.15) is 0 Å². The van der Waals surface area contributed by atoms with Gasteiger partial charge in [0, 0.05) is 18.6 Å². The van der Waals surface area contributed by atoms with E-state index in [1.165, 1.54) is 12.8 Å². The molecule has 0 radical (unpaired) electrons. The van der Waals surface area contributed by atoms with Crippen LogP contribution >= 0.6 is 0 Å². The zero-order valence-electron chi connectivity index (χ0n) is 8.49. The van der Waals surface area contributed by atoms with Gasteiger partial charge in [-0.1, -0.05) is 6.92 Å². The van der Waals surface area contributed by atoms with Crippen molar-refractivity contribution in [1.29, 1.82) is 0 Å². The second kappa shape index (κ2) is 4.61. The summed E-state index contributed by atoms with van der Waals surface area (Å²) in [5, 5.41) is 8.59. The van der Waals surface area contributed by atoms with E-state index in [1.54, 1.807) is 0 Å². The fourth-order valence-electron chi connectivity index (χ4n) is 2.19. The van der Waals surface area contributed by atoms with Gasteiger partial charge < -0.3 is 5.11 Å². The topological polar surface area (TPSA) is 40.5 Å². The average Bonchev–Trinajstić information content (AvgIpc) is 2.43. The van der Waals surface area contributed by atoms with Crippen molar-refractivity contribution < 1.29 is 9.90 Å². The SMILES string of the molecule is CCC1CCC(C)N1CCC(=O)O. The molecule has 3 nitrogen and oxygen atoms in total. The first kappa shape index (κ1) is 10.5. The third-order valence-corrected chi connectivity index (χ3v) is 3.01. The largest absolute Gasteiger partial charge is 0.481 e. The molecule has 1 heterocycles. The Labute approximate surface area is 79.7 Å². The van der Waals surface area contributed by atoms with E-state index < -0.39 is 5.97 Å². The molecule has 1 N–H and O–H groups in total. The van der Waals surface area contributed by atoms with Gasteiger partial charge in [0.25, 0.3) is 0 Å². The van der Waals surface area contributed by atoms with Crippen LogP contribution in [0.15, 0.2) is 0 Å². The Morgan fingerprint density at radius 2 is 2.23 bits per heavy atom. The first-order valence-corrected chi connectivity index (χ1v) is 5.12. The fourth-order valence-corrected chi connectivity index (χ4v) is 2.19. The highest BCUT2D eigenvalue weighted by molar-refractivity contribution is 5.66. The van der Waals surface area contributed by atoms with Crippen molar-refractivity contribution in [3.05, 3.63) is 0 Å². The molecule has 0 aromatic heterocycles. The zero-order chi connectivity index (χ0) is 9.84. The summed E-state index contributed by atoms with van der Waals surface area (Å²) < 4.78 is 0. The Kier molecular flexibility index (Phi) is 3.72. The molecule has 0 aromatic carbocycles. The van der Waals surface area contributed by atoms with Crippen LogP contribution in [0.5, 0.6) is 0 Å². The molecular weight excluding hydrogens is 166 g/mol. The van der Waals surface area contributed by atoms with Crippen LogP contribution in [0.25, 0.3) is 0 Å². The first-order chi connectivity index (χ1) is 6.15. The van der Waals surface area contributed by atoms with Crippen molar-refractivity contribution in [3.8, 4) is 0 Å². The predicted octanol–water partition coefficient (Wildman–Crippen LogP) is 1.72. The number of aliphatic carboxylic acids is 1. The van der Waals surface area contributed by atoms with Gasteiger partial charge >= 0.3 is 5.97 Å². The van der Waals surface area contributed by atoms with Gasteiger partial charge in [0.2, 0.25) is 0 Å². The number of likely N-dealkylation sites (tertiary alicyclic amines) is 1. The standard InChI is InChI=1S/C10H19NO2/c1-3-9-5-4-8(2)11(9)7-6-10(12)13/h8-9H,3-7H2,1-2H3,(H,12,13). The molecule has 3 heteroatoms. The lowest BCUT2D eigenvalue weighted by atomic mass is 10.1. The summed E-state index contributed by atoms with van der Waals surface area (Å²) in [6.45, 7) is 5.09. The molecule has 0 saturated carbocycles. The minimum absolute atomic E-state index is 0.279. The lowest BCUT2D eigenvalue weighted by molar-refractivity contribution is -0.137. The summed E-state index contributed by atoms with van der Waals surface area (Å²) >= 11 is 0. The molecule has 0 aromatic rings. The zero-order valence-corrected chi connectivity index (χ0v) is 8.49. The van der Waals surface area contributed by atoms with E-state index in [2.05, 4.69) is 18.7 Å². The Morgan fingerprint density at radius 3 is 2.77 bits per heavy atom. The highest BCUT2D eigenvalue weighted by Gasteiger charge is 2.28. The van der Waals surface area contributed by atoms with Crippen LogP contribution in [0.3, 0.4) is 0 Å². The summed E-state index contributed by atoms with van der Waals surface area (Å²) in [7, 11) is 0. The lowest BCUT2D eigenvalue weighted by Crippen LogP contribution is -2.35. The molecule has 2 unspecified atom stereocenters. The smallest absolute Gasteiger partial charge is 0.304 e. The van der Waals surface area contributed by atoms with Gasteiger partial charge in [0.15, 0.2) is 0 Å². The number of carboxylic acid groups (broad SMARTS) is 1. The van der Waals surface area contributed by atoms with Crippen molar-refractivity contribution in [2.75, 3.05) is 6.54 Å². The lowest BCUT2D eigenvalue weighted by Gasteiger charge is -2.26. The summed E-state index contributed by atoms with van der Waals surface area (Å²) in [4.78, 5) is 12.8. The van der Waals surface area contributed by atoms with E-state index in [1.807, 2.05) is 0 Å². The first-order valence-electron chi connectivity index (χ1n) is 5.12. The molecular formula is C10H19NO2. The van der Waals surface area contributed by atoms with E-state index in [9.17, 15) is 4.79 Å². The van der Waals surface area contributed by atoms with E-state index >= 15 is 0 Å². The third-order valence-electron chi connectivity index (χ3n) is 3.01. The average molecular weight is 185 g/mol. The number of carboxylic acids is 1. The molecule has 1 aliphatic heterocycles. The number of hydrogen-bond acceptors (Lipinski definition) is 2. The van der Waals surface area contributed by atoms with E-state index in [0.29, 0.717) is 12.1 Å². The van der Waals surface area contributed by atoms with Crippen LogP contribution in [0, 0.1) is 0 Å². The number of carbonyl (C=O) groups is 1. The van der Waals surface area contributed by atoms with E-state index in [0.717, 1.165) is 13.0 Å². The number of hydrogen-bond donors (Lipinski definition) is 1. The molecule has 1 rings (SSSR count). The molecule has 0 aliphatic carbocycles. The highest BCUT2D eigenvalue weighted by atomic mass is 16.4. The van der Waals surface area contributed by atoms with Gasteiger partial charge in [0.05, 0.1) is 6.42 Å². The van der Waals surface area contributed by atoms with Crippen LogP contribution in [0.4, 0.5) is 0 Å². The fraction of sp³-hybridized carbons (Fsp3) is 0.900. The minimum atomic E-state index is -0.686. The molecule has 1 aliphatic rings. The molecule has 0 bridgehead atoms. The summed E-state index contributed by atoms with van der Waals surface area (Å²) in [5.41, 5.74) is 0. The van der Waals surface area contributed by atoms with Crippen LogP contribution in [0.2, 0.25) is 0 Å². The molecule has 0 amide bonds. The Hall–Kier alpha value is -0.570. The molecule has 13 heavy (non-hydrogen) atoms. The van der Waals surface area contributed by atoms with E-state index in [-0.39, 0.29) is 6.42 Å². The van der Waals surface area contributed by atoms with Crippen LogP contribution in [-0.2, 0) is 4.79 Å². The van der Waals surface area contributed by atoms with Crippen molar-refractivity contribution in [1.82, 2.24) is 4.90 Å². The highest BCUT2D eigenvalue weighted by Crippen LogP contribution is 2.25. The Bertz CT molecular complexity index is 182. The van der Waals surface area contributed by atoms with Crippen molar-refractivity contribution in [3.63, 3.8) is 0 Å². The molecule has 1 fully saturated rings. The maximum Gasteiger partial charge on any atom is 0.304 e. The van der Waals surface area contributed by atoms with Gasteiger partial charge in [-0.25, -0.2) is 0 Å². The van der Waals surface area contributed by atoms with Gasteiger partial charge in [-0.3, -0.25) is 9.69 Å². The van der Waals surface area contributed by atoms with Crippen molar-refractivity contribution >= 4 is 5.97 Å². The maximum atomic E-state index is 10.4. The molecule has 2 atom stereocenters. The van der Waals surface area contributed by atoms with E-state index in [4.69, 9.17) is 5.11 Å². The molecule has 0 spiro atoms. The van der Waals surface area contributed by atoms with Crippen LogP contribution < -0.4 is 0 Å². The van der Waals surface area contributed by atoms with Crippen molar-refractivity contribution in [2.45, 2.75) is 51.6 Å². The summed E-state index contributed by atoms with van der Waals surface area (Å²) in [6, 6.07) is 1.19. The summed E-state index contributed by atoms with van der Waals surface area (Å²) in [6.07, 6.45) is 3.88. The molecule has 1 saturated heterocycles. The monoisotopic (exact) mass is 185 g/mol. The summed E-state index contributed by atoms with van der Waals surface area (Å²) in [5.74, 6) is -0.686. The second-order valence-electron chi connectivity index (χ2n) is 3.87. The third kappa shape index (κ3) is 2.69. The Balaban J connectivity index is 2.40. The maximum absolute atomic E-state index is 10.4. The van der Waals surface area contributed by atoms with Gasteiger partial charge in [0.1, 0.15) is 0 Å². The minimum Gasteiger partial charge on any atom is -0.481 e. The second-order valence-corrected chi connectivity index (χ2v) is 3.87. The molecule has 76 valence electrons. The van der Waals surface area contributed by atoms with Crippen LogP contribution in [0.1, 0.15) is 39.5 Å². The quantitative estimate of drug-likeness (QED) is 0.725. The van der Waals surface area contributed by atoms with Crippen LogP contribution in [-0.4, -0.2) is 34.6 Å². The van der Waals surface area contributed by atoms with Crippen molar-refractivity contribution in [2.24, 2.45) is 0 Å². The van der Waals surface area contributed by atoms with Gasteiger partial charge in [-0.15, -0.1) is 0 Å². The number of nitrogens with zero attached hydrogens (tertiary/aromatic N) is 1. The normalized spacial score (nSPS) is 29.4. The number of rotatable bonds is 4. The Morgan fingerprint density at radius 1 is 1.54 bits per heavy atom.